The third-order valence-corrected chi connectivity index (χ3v) is 4.87. The Morgan fingerprint density at radius 2 is 2.18 bits per heavy atom. The number of hydrogen-bond donors (Lipinski definition) is 1. The van der Waals surface area contributed by atoms with E-state index in [0.717, 1.165) is 36.0 Å². The van der Waals surface area contributed by atoms with Crippen molar-refractivity contribution in [2.24, 2.45) is 11.7 Å². The average molecular weight is 369 g/mol. The number of benzene rings is 1. The molecule has 4 nitrogen and oxygen atoms in total. The van der Waals surface area contributed by atoms with Crippen LogP contribution in [0.2, 0.25) is 0 Å². The second-order valence-electron chi connectivity index (χ2n) is 6.24. The SMILES string of the molecule is Cc1ccc(O[C@H](C)C(=O)N2CCC[C@@H]([C@@H](C)N)C2)c(Br)c1. The maximum atomic E-state index is 12.6. The highest BCUT2D eigenvalue weighted by atomic mass is 79.9. The standard InChI is InChI=1S/C17H25BrN2O2/c1-11-6-7-16(15(18)9-11)22-13(3)17(21)20-8-4-5-14(10-20)12(2)19/h6-7,9,12-14H,4-5,8,10,19H2,1-3H3/t12-,13-,14-/m1/s1. The number of amides is 1. The molecule has 3 atom stereocenters. The monoisotopic (exact) mass is 368 g/mol. The molecule has 2 N–H and O–H groups in total. The molecule has 1 aromatic carbocycles. The van der Waals surface area contributed by atoms with E-state index in [9.17, 15) is 4.79 Å². The number of carbonyl (C=O) groups is 1. The fourth-order valence-corrected chi connectivity index (χ4v) is 3.43. The Hall–Kier alpha value is -1.07. The van der Waals surface area contributed by atoms with Crippen molar-refractivity contribution < 1.29 is 9.53 Å². The zero-order valence-electron chi connectivity index (χ0n) is 13.5. The van der Waals surface area contributed by atoms with Crippen LogP contribution in [0.5, 0.6) is 5.75 Å². The number of likely N-dealkylation sites (tertiary alicyclic amines) is 1. The Morgan fingerprint density at radius 3 is 2.82 bits per heavy atom. The Bertz CT molecular complexity index is 533. The van der Waals surface area contributed by atoms with Crippen LogP contribution >= 0.6 is 15.9 Å². The van der Waals surface area contributed by atoms with E-state index in [2.05, 4.69) is 15.9 Å². The Kier molecular flexibility index (Phi) is 5.87. The molecule has 122 valence electrons. The summed E-state index contributed by atoms with van der Waals surface area (Å²) in [7, 11) is 0. The maximum absolute atomic E-state index is 12.6. The summed E-state index contributed by atoms with van der Waals surface area (Å²) >= 11 is 3.48. The molecule has 1 saturated heterocycles. The minimum Gasteiger partial charge on any atom is -0.480 e. The summed E-state index contributed by atoms with van der Waals surface area (Å²) < 4.78 is 6.72. The topological polar surface area (TPSA) is 55.6 Å². The van der Waals surface area contributed by atoms with E-state index >= 15 is 0 Å². The van der Waals surface area contributed by atoms with Crippen LogP contribution in [0.25, 0.3) is 0 Å². The lowest BCUT2D eigenvalue weighted by Gasteiger charge is -2.35. The van der Waals surface area contributed by atoms with Gasteiger partial charge < -0.3 is 15.4 Å². The van der Waals surface area contributed by atoms with Gasteiger partial charge in [0.25, 0.3) is 5.91 Å². The summed E-state index contributed by atoms with van der Waals surface area (Å²) in [5, 5.41) is 0. The van der Waals surface area contributed by atoms with E-state index < -0.39 is 6.10 Å². The van der Waals surface area contributed by atoms with Crippen LogP contribution in [0.1, 0.15) is 32.3 Å². The molecule has 0 saturated carbocycles. The van der Waals surface area contributed by atoms with Gasteiger partial charge >= 0.3 is 0 Å². The predicted molar refractivity (Wildman–Crippen MR) is 91.9 cm³/mol. The molecule has 1 aliphatic heterocycles. The zero-order chi connectivity index (χ0) is 16.3. The van der Waals surface area contributed by atoms with E-state index in [-0.39, 0.29) is 11.9 Å². The lowest BCUT2D eigenvalue weighted by molar-refractivity contribution is -0.139. The molecule has 22 heavy (non-hydrogen) atoms. The first kappa shape index (κ1) is 17.3. The summed E-state index contributed by atoms with van der Waals surface area (Å²) in [4.78, 5) is 14.5. The van der Waals surface area contributed by atoms with Gasteiger partial charge in [-0.1, -0.05) is 6.07 Å². The van der Waals surface area contributed by atoms with Gasteiger partial charge in [0.2, 0.25) is 0 Å². The molecule has 0 unspecified atom stereocenters. The van der Waals surface area contributed by atoms with Crippen LogP contribution in [0.4, 0.5) is 0 Å². The summed E-state index contributed by atoms with van der Waals surface area (Å²) in [5.74, 6) is 1.13. The zero-order valence-corrected chi connectivity index (χ0v) is 15.1. The van der Waals surface area contributed by atoms with Crippen LogP contribution in [-0.2, 0) is 4.79 Å². The number of carbonyl (C=O) groups excluding carboxylic acids is 1. The molecule has 1 amide bonds. The molecule has 1 aromatic rings. The van der Waals surface area contributed by atoms with E-state index in [4.69, 9.17) is 10.5 Å². The highest BCUT2D eigenvalue weighted by Gasteiger charge is 2.29. The molecule has 0 aliphatic carbocycles. The van der Waals surface area contributed by atoms with Crippen molar-refractivity contribution in [3.05, 3.63) is 28.2 Å². The van der Waals surface area contributed by atoms with Crippen LogP contribution in [0, 0.1) is 12.8 Å². The van der Waals surface area contributed by atoms with Gasteiger partial charge in [-0.3, -0.25) is 4.79 Å². The van der Waals surface area contributed by atoms with Crippen molar-refractivity contribution in [2.45, 2.75) is 45.8 Å². The average Bonchev–Trinajstić information content (AvgIpc) is 2.49. The minimum absolute atomic E-state index is 0.0397. The van der Waals surface area contributed by atoms with Crippen molar-refractivity contribution in [3.63, 3.8) is 0 Å². The third-order valence-electron chi connectivity index (χ3n) is 4.25. The highest BCUT2D eigenvalue weighted by molar-refractivity contribution is 9.10. The molecule has 5 heteroatoms. The minimum atomic E-state index is -0.495. The molecule has 0 aromatic heterocycles. The first-order chi connectivity index (χ1) is 10.4. The molecule has 2 rings (SSSR count). The van der Waals surface area contributed by atoms with Crippen molar-refractivity contribution in [2.75, 3.05) is 13.1 Å². The maximum Gasteiger partial charge on any atom is 0.263 e. The number of piperidine rings is 1. The number of halogens is 1. The van der Waals surface area contributed by atoms with Crippen molar-refractivity contribution in [1.82, 2.24) is 4.90 Å². The van der Waals surface area contributed by atoms with E-state index in [1.807, 2.05) is 43.9 Å². The fraction of sp³-hybridized carbons (Fsp3) is 0.588. The predicted octanol–water partition coefficient (Wildman–Crippen LogP) is 3.11. The van der Waals surface area contributed by atoms with Crippen molar-refractivity contribution in [1.29, 1.82) is 0 Å². The molecule has 1 heterocycles. The number of nitrogens with zero attached hydrogens (tertiary/aromatic N) is 1. The van der Waals surface area contributed by atoms with E-state index in [1.54, 1.807) is 0 Å². The molecular formula is C17H25BrN2O2. The van der Waals surface area contributed by atoms with Gasteiger partial charge in [0.15, 0.2) is 6.10 Å². The van der Waals surface area contributed by atoms with Gasteiger partial charge in [0.1, 0.15) is 5.75 Å². The second-order valence-corrected chi connectivity index (χ2v) is 7.09. The van der Waals surface area contributed by atoms with Crippen LogP contribution in [0.15, 0.2) is 22.7 Å². The molecule has 0 bridgehead atoms. The quantitative estimate of drug-likeness (QED) is 0.887. The first-order valence-corrected chi connectivity index (χ1v) is 8.65. The number of aryl methyl sites for hydroxylation is 1. The van der Waals surface area contributed by atoms with Gasteiger partial charge in [-0.15, -0.1) is 0 Å². The summed E-state index contributed by atoms with van der Waals surface area (Å²) in [6, 6.07) is 5.98. The summed E-state index contributed by atoms with van der Waals surface area (Å²) in [5.41, 5.74) is 7.14. The Balaban J connectivity index is 1.99. The van der Waals surface area contributed by atoms with Crippen LogP contribution in [0.3, 0.4) is 0 Å². The van der Waals surface area contributed by atoms with Gasteiger partial charge in [0.05, 0.1) is 4.47 Å². The normalized spacial score (nSPS) is 21.3. The largest absolute Gasteiger partial charge is 0.480 e. The number of rotatable bonds is 4. The van der Waals surface area contributed by atoms with Gasteiger partial charge in [-0.25, -0.2) is 0 Å². The Labute approximate surface area is 141 Å². The summed E-state index contributed by atoms with van der Waals surface area (Å²) in [6.07, 6.45) is 1.62. The fourth-order valence-electron chi connectivity index (χ4n) is 2.84. The van der Waals surface area contributed by atoms with Crippen LogP contribution < -0.4 is 10.5 Å². The van der Waals surface area contributed by atoms with Gasteiger partial charge in [-0.2, -0.15) is 0 Å². The van der Waals surface area contributed by atoms with Gasteiger partial charge in [-0.05, 0) is 73.2 Å². The smallest absolute Gasteiger partial charge is 0.263 e. The van der Waals surface area contributed by atoms with Crippen LogP contribution in [-0.4, -0.2) is 36.0 Å². The van der Waals surface area contributed by atoms with E-state index in [1.165, 1.54) is 0 Å². The number of nitrogens with two attached hydrogens (primary N) is 1. The number of hydrogen-bond acceptors (Lipinski definition) is 3. The molecule has 0 spiro atoms. The van der Waals surface area contributed by atoms with Gasteiger partial charge in [0, 0.05) is 19.1 Å². The summed E-state index contributed by atoms with van der Waals surface area (Å²) in [6.45, 7) is 7.38. The van der Waals surface area contributed by atoms with Crippen molar-refractivity contribution in [3.8, 4) is 5.75 Å². The second kappa shape index (κ2) is 7.47. The third kappa shape index (κ3) is 4.23. The van der Waals surface area contributed by atoms with E-state index in [0.29, 0.717) is 11.7 Å². The lowest BCUT2D eigenvalue weighted by atomic mass is 9.92. The molecule has 1 fully saturated rings. The lowest BCUT2D eigenvalue weighted by Crippen LogP contribution is -2.48. The number of ether oxygens (including phenoxy) is 1. The highest BCUT2D eigenvalue weighted by Crippen LogP contribution is 2.27. The molecule has 1 aliphatic rings. The van der Waals surface area contributed by atoms with Crippen molar-refractivity contribution >= 4 is 21.8 Å². The first-order valence-electron chi connectivity index (χ1n) is 7.85. The molecular weight excluding hydrogens is 344 g/mol. The Morgan fingerprint density at radius 1 is 1.45 bits per heavy atom. The molecule has 0 radical (unpaired) electrons.